The Kier molecular flexibility index (Phi) is 3.29. The van der Waals surface area contributed by atoms with Crippen LogP contribution in [-0.2, 0) is 6.54 Å². The van der Waals surface area contributed by atoms with Gasteiger partial charge in [-0.25, -0.2) is 4.98 Å². The van der Waals surface area contributed by atoms with Crippen molar-refractivity contribution in [2.45, 2.75) is 13.5 Å². The summed E-state index contributed by atoms with van der Waals surface area (Å²) in [5.41, 5.74) is 2.27. The van der Waals surface area contributed by atoms with E-state index < -0.39 is 0 Å². The highest BCUT2D eigenvalue weighted by Crippen LogP contribution is 2.19. The van der Waals surface area contributed by atoms with Gasteiger partial charge in [-0.15, -0.1) is 0 Å². The number of hydrogen-bond donors (Lipinski definition) is 1. The summed E-state index contributed by atoms with van der Waals surface area (Å²) in [6.45, 7) is 2.82. The maximum atomic E-state index is 4.39. The maximum absolute atomic E-state index is 4.39. The quantitative estimate of drug-likeness (QED) is 0.936. The van der Waals surface area contributed by atoms with Crippen LogP contribution in [-0.4, -0.2) is 16.6 Å². The van der Waals surface area contributed by atoms with Gasteiger partial charge in [0.15, 0.2) is 0 Å². The Morgan fingerprint density at radius 1 is 1.38 bits per heavy atom. The monoisotopic (exact) mass is 279 g/mol. The molecule has 0 bridgehead atoms. The van der Waals surface area contributed by atoms with Crippen LogP contribution in [0.25, 0.3) is 0 Å². The Morgan fingerprint density at radius 2 is 2.12 bits per heavy atom. The molecule has 84 valence electrons. The van der Waals surface area contributed by atoms with E-state index >= 15 is 0 Å². The van der Waals surface area contributed by atoms with E-state index in [9.17, 15) is 0 Å². The van der Waals surface area contributed by atoms with Crippen LogP contribution < -0.4 is 5.32 Å². The molecule has 0 amide bonds. The highest BCUT2D eigenvalue weighted by molar-refractivity contribution is 9.10. The third kappa shape index (κ3) is 2.27. The minimum atomic E-state index is 0.818. The molecular formula is C12H14BrN3. The van der Waals surface area contributed by atoms with E-state index in [0.717, 1.165) is 22.7 Å². The van der Waals surface area contributed by atoms with Crippen LogP contribution in [0.2, 0.25) is 0 Å². The molecule has 0 fully saturated rings. The zero-order valence-electron chi connectivity index (χ0n) is 9.37. The van der Waals surface area contributed by atoms with Crippen molar-refractivity contribution in [1.82, 2.24) is 9.55 Å². The molecule has 3 nitrogen and oxygen atoms in total. The minimum Gasteiger partial charge on any atom is -0.359 e. The van der Waals surface area contributed by atoms with E-state index in [0.29, 0.717) is 0 Å². The molecule has 4 heteroatoms. The van der Waals surface area contributed by atoms with Crippen LogP contribution in [0.1, 0.15) is 11.3 Å². The molecule has 0 aliphatic rings. The molecule has 0 unspecified atom stereocenters. The first-order chi connectivity index (χ1) is 7.70. The number of aryl methyl sites for hydroxylation is 1. The lowest BCUT2D eigenvalue weighted by atomic mass is 10.2. The van der Waals surface area contributed by atoms with Crippen molar-refractivity contribution in [3.63, 3.8) is 0 Å². The summed E-state index contributed by atoms with van der Waals surface area (Å²) < 4.78 is 3.23. The smallest absolute Gasteiger partial charge is 0.203 e. The number of rotatable bonds is 3. The number of nitrogens with one attached hydrogen (secondary N) is 1. The average molecular weight is 280 g/mol. The van der Waals surface area contributed by atoms with E-state index in [-0.39, 0.29) is 0 Å². The molecule has 0 saturated heterocycles. The van der Waals surface area contributed by atoms with Crippen molar-refractivity contribution < 1.29 is 0 Å². The summed E-state index contributed by atoms with van der Waals surface area (Å²) in [4.78, 5) is 4.39. The van der Waals surface area contributed by atoms with Crippen LogP contribution in [0.15, 0.2) is 34.9 Å². The lowest BCUT2D eigenvalue weighted by molar-refractivity contribution is 0.801. The van der Waals surface area contributed by atoms with Crippen LogP contribution in [0.5, 0.6) is 0 Å². The standard InChI is InChI=1S/C12H14BrN3/c1-9-7-16(12(14-2)15-9)8-10-5-3-4-6-11(10)13/h3-7H,8H2,1-2H3,(H,14,15). The molecular weight excluding hydrogens is 266 g/mol. The maximum Gasteiger partial charge on any atom is 0.203 e. The van der Waals surface area contributed by atoms with Crippen molar-refractivity contribution in [3.8, 4) is 0 Å². The fourth-order valence-corrected chi connectivity index (χ4v) is 2.09. The third-order valence-corrected chi connectivity index (χ3v) is 3.19. The normalized spacial score (nSPS) is 10.4. The summed E-state index contributed by atoms with van der Waals surface area (Å²) in [5.74, 6) is 0.897. The first-order valence-electron chi connectivity index (χ1n) is 5.15. The fraction of sp³-hybridized carbons (Fsp3) is 0.250. The molecule has 2 rings (SSSR count). The van der Waals surface area contributed by atoms with Gasteiger partial charge in [0.05, 0.1) is 12.2 Å². The van der Waals surface area contributed by atoms with E-state index in [2.05, 4.69) is 42.9 Å². The van der Waals surface area contributed by atoms with E-state index in [1.165, 1.54) is 5.56 Å². The second-order valence-corrected chi connectivity index (χ2v) is 4.53. The summed E-state index contributed by atoms with van der Waals surface area (Å²) in [6, 6.07) is 8.23. The van der Waals surface area contributed by atoms with Gasteiger partial charge in [-0.1, -0.05) is 34.1 Å². The van der Waals surface area contributed by atoms with Gasteiger partial charge in [0.1, 0.15) is 0 Å². The Balaban J connectivity index is 2.30. The SMILES string of the molecule is CNc1nc(C)cn1Cc1ccccc1Br. The second-order valence-electron chi connectivity index (χ2n) is 3.68. The Hall–Kier alpha value is -1.29. The number of aromatic nitrogens is 2. The molecule has 2 aromatic rings. The fourth-order valence-electron chi connectivity index (χ4n) is 1.68. The van der Waals surface area contributed by atoms with E-state index in [1.807, 2.05) is 32.3 Å². The van der Waals surface area contributed by atoms with Gasteiger partial charge in [0, 0.05) is 17.7 Å². The van der Waals surface area contributed by atoms with Gasteiger partial charge in [0.25, 0.3) is 0 Å². The number of nitrogens with zero attached hydrogens (tertiary/aromatic N) is 2. The van der Waals surface area contributed by atoms with Crippen LogP contribution >= 0.6 is 15.9 Å². The Bertz CT molecular complexity index is 491. The van der Waals surface area contributed by atoms with E-state index in [1.54, 1.807) is 0 Å². The van der Waals surface area contributed by atoms with Gasteiger partial charge in [-0.05, 0) is 18.6 Å². The molecule has 1 aromatic heterocycles. The lowest BCUT2D eigenvalue weighted by Gasteiger charge is -2.08. The third-order valence-electron chi connectivity index (χ3n) is 2.42. The Morgan fingerprint density at radius 3 is 2.81 bits per heavy atom. The zero-order chi connectivity index (χ0) is 11.5. The van der Waals surface area contributed by atoms with Crippen molar-refractivity contribution in [2.75, 3.05) is 12.4 Å². The van der Waals surface area contributed by atoms with Gasteiger partial charge in [-0.3, -0.25) is 0 Å². The number of imidazole rings is 1. The molecule has 0 atom stereocenters. The van der Waals surface area contributed by atoms with Crippen molar-refractivity contribution in [2.24, 2.45) is 0 Å². The number of anilines is 1. The average Bonchev–Trinajstić information content (AvgIpc) is 2.62. The summed E-state index contributed by atoms with van der Waals surface area (Å²) in [6.07, 6.45) is 2.05. The van der Waals surface area contributed by atoms with Crippen molar-refractivity contribution in [3.05, 3.63) is 46.2 Å². The molecule has 1 heterocycles. The predicted molar refractivity (Wildman–Crippen MR) is 69.8 cm³/mol. The van der Waals surface area contributed by atoms with Crippen molar-refractivity contribution >= 4 is 21.9 Å². The van der Waals surface area contributed by atoms with Crippen LogP contribution in [0.3, 0.4) is 0 Å². The van der Waals surface area contributed by atoms with Crippen LogP contribution in [0, 0.1) is 6.92 Å². The lowest BCUT2D eigenvalue weighted by Crippen LogP contribution is -2.04. The predicted octanol–water partition coefficient (Wildman–Crippen LogP) is 3.04. The van der Waals surface area contributed by atoms with Crippen molar-refractivity contribution in [1.29, 1.82) is 0 Å². The summed E-state index contributed by atoms with van der Waals surface area (Å²) in [5, 5.41) is 3.09. The van der Waals surface area contributed by atoms with Gasteiger partial charge in [0.2, 0.25) is 5.95 Å². The minimum absolute atomic E-state index is 0.818. The first kappa shape index (κ1) is 11.2. The second kappa shape index (κ2) is 4.70. The molecule has 0 spiro atoms. The molecule has 0 radical (unpaired) electrons. The topological polar surface area (TPSA) is 29.9 Å². The van der Waals surface area contributed by atoms with E-state index in [4.69, 9.17) is 0 Å². The molecule has 1 N–H and O–H groups in total. The molecule has 0 aliphatic heterocycles. The number of halogens is 1. The Labute approximate surface area is 104 Å². The molecule has 16 heavy (non-hydrogen) atoms. The summed E-state index contributed by atoms with van der Waals surface area (Å²) in [7, 11) is 1.89. The van der Waals surface area contributed by atoms with Gasteiger partial charge >= 0.3 is 0 Å². The highest BCUT2D eigenvalue weighted by Gasteiger charge is 2.05. The molecule has 0 saturated carbocycles. The first-order valence-corrected chi connectivity index (χ1v) is 5.95. The van der Waals surface area contributed by atoms with Gasteiger partial charge in [-0.2, -0.15) is 0 Å². The summed E-state index contributed by atoms with van der Waals surface area (Å²) >= 11 is 3.55. The number of hydrogen-bond acceptors (Lipinski definition) is 2. The highest BCUT2D eigenvalue weighted by atomic mass is 79.9. The van der Waals surface area contributed by atoms with Crippen LogP contribution in [0.4, 0.5) is 5.95 Å². The zero-order valence-corrected chi connectivity index (χ0v) is 11.0. The van der Waals surface area contributed by atoms with Gasteiger partial charge < -0.3 is 9.88 Å². The molecule has 1 aromatic carbocycles. The number of benzene rings is 1. The molecule has 0 aliphatic carbocycles. The largest absolute Gasteiger partial charge is 0.359 e.